The van der Waals surface area contributed by atoms with E-state index in [0.29, 0.717) is 23.7 Å². The Morgan fingerprint density at radius 2 is 1.38 bits per heavy atom. The fourth-order valence-corrected chi connectivity index (χ4v) is 8.73. The number of ketones is 2. The summed E-state index contributed by atoms with van der Waals surface area (Å²) in [5.74, 6) is 2.83. The number of allylic oxidation sites excluding steroid dienone is 10. The second-order valence-electron chi connectivity index (χ2n) is 20.0. The zero-order chi connectivity index (χ0) is 56.1. The van der Waals surface area contributed by atoms with Gasteiger partial charge in [0.05, 0.1) is 16.8 Å². The van der Waals surface area contributed by atoms with Crippen LogP contribution < -0.4 is 5.32 Å². The molecule has 1 N–H and O–H groups in total. The third-order valence-electron chi connectivity index (χ3n) is 12.8. The minimum absolute atomic E-state index is 0.0180. The third kappa shape index (κ3) is 31.9. The Morgan fingerprint density at radius 3 is 1.76 bits per heavy atom. The van der Waals surface area contributed by atoms with Crippen molar-refractivity contribution in [1.82, 2.24) is 5.32 Å². The van der Waals surface area contributed by atoms with Crippen LogP contribution in [0.5, 0.6) is 0 Å². The number of nitrogens with zero attached hydrogens (tertiary/aromatic N) is 1. The molecule has 5 heteroatoms. The van der Waals surface area contributed by atoms with Crippen molar-refractivity contribution in [3.63, 3.8) is 0 Å². The maximum absolute atomic E-state index is 14.9. The molecule has 1 aliphatic rings. The van der Waals surface area contributed by atoms with Crippen molar-refractivity contribution in [1.29, 1.82) is 0 Å². The monoisotopic (exact) mass is 1000 g/mol. The molecule has 4 nitrogen and oxygen atoms in total. The van der Waals surface area contributed by atoms with Gasteiger partial charge in [0.15, 0.2) is 0 Å². The van der Waals surface area contributed by atoms with Crippen molar-refractivity contribution in [2.45, 2.75) is 280 Å². The van der Waals surface area contributed by atoms with Crippen molar-refractivity contribution in [3.05, 3.63) is 99.8 Å². The molecule has 1 aliphatic carbocycles. The number of unbranched alkanes of at least 4 members (excludes halogenated alkanes) is 4. The normalized spacial score (nSPS) is 15.8. The van der Waals surface area contributed by atoms with E-state index in [4.69, 9.17) is 4.99 Å². The highest BCUT2D eigenvalue weighted by Gasteiger charge is 2.40. The SMILES string of the molecule is CC.CCC.CCC(=O)C(C)CC.CCCC1CC(C)C1.CCCCCCC.C\C=C/C(N/C(C)=C(C)/C(=C\C(=C\CC)c1ccc(C(CCC)(CCC)C(=O)C(C)C)c(C)c1)N=CCC)=C(F)\C=C\CC. The quantitative estimate of drug-likeness (QED) is 0.0543. The molecule has 0 bridgehead atoms. The van der Waals surface area contributed by atoms with Gasteiger partial charge in [0, 0.05) is 30.2 Å². The molecular weight excluding hydrogens is 884 g/mol. The molecule has 1 aromatic carbocycles. The molecule has 0 aromatic heterocycles. The molecule has 0 spiro atoms. The minimum Gasteiger partial charge on any atom is -0.356 e. The summed E-state index contributed by atoms with van der Waals surface area (Å²) < 4.78 is 14.9. The summed E-state index contributed by atoms with van der Waals surface area (Å²) in [5.41, 5.74) is 7.03. The van der Waals surface area contributed by atoms with Gasteiger partial charge in [0.2, 0.25) is 0 Å². The van der Waals surface area contributed by atoms with Gasteiger partial charge in [-0.3, -0.25) is 14.6 Å². The van der Waals surface area contributed by atoms with Crippen LogP contribution in [-0.2, 0) is 15.0 Å². The first-order chi connectivity index (χ1) is 34.3. The van der Waals surface area contributed by atoms with Crippen LogP contribution in [0.3, 0.4) is 0 Å². The summed E-state index contributed by atoms with van der Waals surface area (Å²) in [6, 6.07) is 6.59. The van der Waals surface area contributed by atoms with E-state index in [2.05, 4.69) is 112 Å². The van der Waals surface area contributed by atoms with Crippen molar-refractivity contribution >= 4 is 23.4 Å². The summed E-state index contributed by atoms with van der Waals surface area (Å²) in [5, 5.41) is 3.29. The Kier molecular flexibility index (Phi) is 50.3. The van der Waals surface area contributed by atoms with E-state index >= 15 is 0 Å². The number of rotatable bonds is 27. The van der Waals surface area contributed by atoms with Crippen molar-refractivity contribution in [2.24, 2.45) is 28.7 Å². The molecule has 0 radical (unpaired) electrons. The molecule has 0 heterocycles. The van der Waals surface area contributed by atoms with Crippen LogP contribution in [0.4, 0.5) is 4.39 Å². The third-order valence-corrected chi connectivity index (χ3v) is 12.8. The number of carbonyl (C=O) groups excluding carboxylic acids is 2. The van der Waals surface area contributed by atoms with Gasteiger partial charge in [0.25, 0.3) is 0 Å². The topological polar surface area (TPSA) is 58.5 Å². The van der Waals surface area contributed by atoms with Crippen LogP contribution in [0.25, 0.3) is 5.57 Å². The van der Waals surface area contributed by atoms with E-state index in [0.717, 1.165) is 102 Å². The number of Topliss-reactive ketones (excluding diaryl/α,β-unsaturated/α-hetero) is 2. The van der Waals surface area contributed by atoms with Gasteiger partial charge in [-0.1, -0.05) is 225 Å². The average molecular weight is 1000 g/mol. The number of halogens is 1. The van der Waals surface area contributed by atoms with E-state index in [9.17, 15) is 14.0 Å². The number of hydrogen-bond acceptors (Lipinski definition) is 4. The summed E-state index contributed by atoms with van der Waals surface area (Å²) >= 11 is 0. The summed E-state index contributed by atoms with van der Waals surface area (Å²) in [6.45, 7) is 45.9. The van der Waals surface area contributed by atoms with Crippen molar-refractivity contribution in [3.8, 4) is 0 Å². The molecule has 0 aliphatic heterocycles. The number of nitrogens with one attached hydrogen (secondary N) is 1. The van der Waals surface area contributed by atoms with E-state index in [1.165, 1.54) is 70.3 Å². The highest BCUT2D eigenvalue weighted by atomic mass is 19.1. The predicted octanol–water partition coefficient (Wildman–Crippen LogP) is 22.1. The second kappa shape index (κ2) is 48.3. The van der Waals surface area contributed by atoms with Crippen LogP contribution in [0.1, 0.15) is 284 Å². The summed E-state index contributed by atoms with van der Waals surface area (Å²) in [4.78, 5) is 29.3. The Morgan fingerprint density at radius 1 is 0.806 bits per heavy atom. The van der Waals surface area contributed by atoms with Crippen molar-refractivity contribution in [2.75, 3.05) is 0 Å². The van der Waals surface area contributed by atoms with Crippen LogP contribution >= 0.6 is 0 Å². The lowest BCUT2D eigenvalue weighted by Crippen LogP contribution is -2.39. The lowest BCUT2D eigenvalue weighted by atomic mass is 9.66. The number of aryl methyl sites for hydroxylation is 1. The molecule has 0 amide bonds. The highest BCUT2D eigenvalue weighted by Crippen LogP contribution is 2.40. The molecule has 72 heavy (non-hydrogen) atoms. The van der Waals surface area contributed by atoms with E-state index in [-0.39, 0.29) is 17.7 Å². The van der Waals surface area contributed by atoms with Gasteiger partial charge in [-0.15, -0.1) is 0 Å². The second-order valence-corrected chi connectivity index (χ2v) is 20.0. The zero-order valence-corrected chi connectivity index (χ0v) is 51.7. The Labute approximate surface area is 449 Å². The maximum atomic E-state index is 14.9. The molecule has 1 atom stereocenters. The fourth-order valence-electron chi connectivity index (χ4n) is 8.73. The number of hydrogen-bond donors (Lipinski definition) is 1. The Balaban J connectivity index is -0.000000660. The molecular formula is C67H119FN2O2. The zero-order valence-electron chi connectivity index (χ0n) is 51.7. The Hall–Kier alpha value is -3.60. The maximum Gasteiger partial charge on any atom is 0.146 e. The molecule has 2 rings (SSSR count). The highest BCUT2D eigenvalue weighted by molar-refractivity contribution is 5.92. The smallest absolute Gasteiger partial charge is 0.146 e. The van der Waals surface area contributed by atoms with Crippen LogP contribution in [0.15, 0.2) is 88.1 Å². The standard InChI is InChI=1S/C40H59FN2O.C8H16.C7H14O.C7H16.C3H8.C2H6/c1-12-18-21-36(41)37(20-14-3)43-32(11)31(10)38(42-26-17-6)28-33(19-13-2)34-22-23-35(30(9)27-34)40(24-15-4,25-16-5)39(44)29(7)8;1-3-4-8-5-7(2)6-8;1-4-6(3)7(8)5-2;1-3-5-7-6-4-2;1-3-2;1-2/h14,18-23,26-29,43H,12-13,15-17,24-25H2,1-11H3;7-8H,3-6H2,1-2H3;6H,4-5H2,1-3H3;3-7H2,1-2H3;3H2,1-2H3;1-2H3/b20-14-,21-18+,32-31+,33-19-,37-36-,38-28+,42-26?;;;;;. The first-order valence-electron chi connectivity index (χ1n) is 29.6. The average Bonchev–Trinajstić information content (AvgIpc) is 3.36. The summed E-state index contributed by atoms with van der Waals surface area (Å²) in [7, 11) is 0. The van der Waals surface area contributed by atoms with Gasteiger partial charge in [-0.05, 0) is 137 Å². The van der Waals surface area contributed by atoms with E-state index in [1.54, 1.807) is 6.08 Å². The first kappa shape index (κ1) is 74.9. The molecule has 1 unspecified atom stereocenters. The number of carbonyl (C=O) groups is 2. The minimum atomic E-state index is -0.455. The fraction of sp³-hybridized carbons (Fsp3) is 0.687. The number of aliphatic imine (C=N–C) groups is 1. The number of benzene rings is 1. The lowest BCUT2D eigenvalue weighted by Gasteiger charge is -2.36. The van der Waals surface area contributed by atoms with Crippen LogP contribution in [0.2, 0.25) is 0 Å². The first-order valence-corrected chi connectivity index (χ1v) is 29.6. The lowest BCUT2D eigenvalue weighted by molar-refractivity contribution is -0.128. The van der Waals surface area contributed by atoms with Gasteiger partial charge in [0.1, 0.15) is 17.4 Å². The van der Waals surface area contributed by atoms with Gasteiger partial charge in [-0.25, -0.2) is 4.39 Å². The van der Waals surface area contributed by atoms with Crippen molar-refractivity contribution < 1.29 is 14.0 Å². The molecule has 1 aromatic rings. The molecule has 1 fully saturated rings. The van der Waals surface area contributed by atoms with Crippen LogP contribution in [-0.4, -0.2) is 17.8 Å². The predicted molar refractivity (Wildman–Crippen MR) is 325 cm³/mol. The molecule has 416 valence electrons. The summed E-state index contributed by atoms with van der Waals surface area (Å²) in [6.07, 6.45) is 35.0. The molecule has 1 saturated carbocycles. The van der Waals surface area contributed by atoms with E-state index < -0.39 is 5.41 Å². The van der Waals surface area contributed by atoms with E-state index in [1.807, 2.05) is 94.5 Å². The van der Waals surface area contributed by atoms with Gasteiger partial charge < -0.3 is 5.32 Å². The van der Waals surface area contributed by atoms with Crippen LogP contribution in [0, 0.1) is 30.6 Å². The van der Waals surface area contributed by atoms with Gasteiger partial charge >= 0.3 is 0 Å². The molecule has 0 saturated heterocycles. The largest absolute Gasteiger partial charge is 0.356 e. The Bertz CT molecular complexity index is 1730. The van der Waals surface area contributed by atoms with Gasteiger partial charge in [-0.2, -0.15) is 0 Å².